The van der Waals surface area contributed by atoms with Gasteiger partial charge in [-0.1, -0.05) is 36.4 Å². The van der Waals surface area contributed by atoms with Crippen molar-refractivity contribution in [2.45, 2.75) is 12.0 Å². The molecule has 2 aliphatic heterocycles. The molecule has 0 spiro atoms. The minimum absolute atomic E-state index is 0.182. The first-order valence-corrected chi connectivity index (χ1v) is 9.83. The van der Waals surface area contributed by atoms with E-state index in [1.807, 2.05) is 30.3 Å². The minimum Gasteiger partial charge on any atom is -0.406 e. The van der Waals surface area contributed by atoms with Crippen LogP contribution in [0.3, 0.4) is 0 Å². The molecule has 1 saturated heterocycles. The number of halogens is 3. The topological polar surface area (TPSA) is 62.7 Å². The second-order valence-corrected chi connectivity index (χ2v) is 7.42. The van der Waals surface area contributed by atoms with Crippen LogP contribution in [0.25, 0.3) is 0 Å². The minimum atomic E-state index is -4.82. The van der Waals surface area contributed by atoms with E-state index in [1.54, 1.807) is 21.9 Å². The maximum absolute atomic E-state index is 13.6. The average molecular weight is 439 g/mol. The SMILES string of the molecule is O=C(c1ccc(OC(F)(F)F)cc1)N1CCN2C(=O)c3ncccc3C12c1ccccc1. The summed E-state index contributed by atoms with van der Waals surface area (Å²) in [4.78, 5) is 34.2. The van der Waals surface area contributed by atoms with Gasteiger partial charge in [-0.05, 0) is 30.3 Å². The highest BCUT2D eigenvalue weighted by molar-refractivity contribution is 6.02. The molecular formula is C23H16F3N3O3. The van der Waals surface area contributed by atoms with Crippen LogP contribution in [0.15, 0.2) is 72.9 Å². The highest BCUT2D eigenvalue weighted by atomic mass is 19.4. The largest absolute Gasteiger partial charge is 0.573 e. The lowest BCUT2D eigenvalue weighted by Gasteiger charge is -2.40. The van der Waals surface area contributed by atoms with Crippen molar-refractivity contribution < 1.29 is 27.5 Å². The fraction of sp³-hybridized carbons (Fsp3) is 0.174. The summed E-state index contributed by atoms with van der Waals surface area (Å²) in [7, 11) is 0. The zero-order valence-electron chi connectivity index (χ0n) is 16.5. The van der Waals surface area contributed by atoms with Crippen LogP contribution < -0.4 is 4.74 Å². The van der Waals surface area contributed by atoms with Crippen molar-refractivity contribution in [3.63, 3.8) is 0 Å². The van der Waals surface area contributed by atoms with Crippen LogP contribution in [0, 0.1) is 0 Å². The van der Waals surface area contributed by atoms with Crippen LogP contribution in [-0.2, 0) is 5.66 Å². The number of nitrogens with zero attached hydrogens (tertiary/aromatic N) is 3. The van der Waals surface area contributed by atoms with E-state index in [4.69, 9.17) is 0 Å². The third kappa shape index (κ3) is 2.92. The molecule has 9 heteroatoms. The summed E-state index contributed by atoms with van der Waals surface area (Å²) in [6, 6.07) is 17.4. The van der Waals surface area contributed by atoms with Gasteiger partial charge in [-0.15, -0.1) is 13.2 Å². The molecule has 6 nitrogen and oxygen atoms in total. The Morgan fingerprint density at radius 3 is 2.38 bits per heavy atom. The zero-order chi connectivity index (χ0) is 22.5. The van der Waals surface area contributed by atoms with Gasteiger partial charge >= 0.3 is 6.36 Å². The van der Waals surface area contributed by atoms with Crippen LogP contribution in [0.5, 0.6) is 5.75 Å². The van der Waals surface area contributed by atoms with E-state index >= 15 is 0 Å². The Hall–Kier alpha value is -3.88. The van der Waals surface area contributed by atoms with Gasteiger partial charge < -0.3 is 14.5 Å². The third-order valence-corrected chi connectivity index (χ3v) is 5.72. The number of carbonyl (C=O) groups is 2. The van der Waals surface area contributed by atoms with E-state index in [0.717, 1.165) is 17.7 Å². The molecule has 2 amide bonds. The Morgan fingerprint density at radius 2 is 1.69 bits per heavy atom. The molecule has 2 aliphatic rings. The average Bonchev–Trinajstić information content (AvgIpc) is 3.29. The molecule has 162 valence electrons. The highest BCUT2D eigenvalue weighted by Crippen LogP contribution is 2.49. The predicted octanol–water partition coefficient (Wildman–Crippen LogP) is 3.79. The van der Waals surface area contributed by atoms with Gasteiger partial charge in [0.05, 0.1) is 0 Å². The molecule has 0 aliphatic carbocycles. The Bertz CT molecular complexity index is 1200. The highest BCUT2D eigenvalue weighted by Gasteiger charge is 2.60. The molecule has 0 radical (unpaired) electrons. The molecule has 0 saturated carbocycles. The number of fused-ring (bicyclic) bond motifs is 3. The maximum atomic E-state index is 13.6. The summed E-state index contributed by atoms with van der Waals surface area (Å²) in [5, 5.41) is 0. The van der Waals surface area contributed by atoms with Crippen molar-refractivity contribution in [1.29, 1.82) is 0 Å². The smallest absolute Gasteiger partial charge is 0.406 e. The first-order valence-electron chi connectivity index (χ1n) is 9.83. The van der Waals surface area contributed by atoms with E-state index in [0.29, 0.717) is 12.1 Å². The van der Waals surface area contributed by atoms with Crippen molar-refractivity contribution in [2.75, 3.05) is 13.1 Å². The number of rotatable bonds is 3. The van der Waals surface area contributed by atoms with Gasteiger partial charge in [0.2, 0.25) is 0 Å². The number of hydrogen-bond acceptors (Lipinski definition) is 4. The van der Waals surface area contributed by atoms with Crippen molar-refractivity contribution in [3.8, 4) is 5.75 Å². The fourth-order valence-corrected chi connectivity index (χ4v) is 4.53. The van der Waals surface area contributed by atoms with E-state index in [9.17, 15) is 22.8 Å². The van der Waals surface area contributed by atoms with Crippen LogP contribution in [0.1, 0.15) is 32.0 Å². The summed E-state index contributed by atoms with van der Waals surface area (Å²) in [6.07, 6.45) is -3.29. The van der Waals surface area contributed by atoms with Gasteiger partial charge in [0.25, 0.3) is 11.8 Å². The van der Waals surface area contributed by atoms with Crippen LogP contribution >= 0.6 is 0 Å². The standard InChI is InChI=1S/C23H16F3N3O3/c24-23(25,26)32-17-10-8-15(9-11-17)20(30)28-13-14-29-21(31)19-18(7-4-12-27-19)22(28,29)16-5-2-1-3-6-16/h1-12H,13-14H2. The Labute approximate surface area is 180 Å². The summed E-state index contributed by atoms with van der Waals surface area (Å²) < 4.78 is 41.3. The molecule has 3 aromatic rings. The second kappa shape index (κ2) is 7.08. The van der Waals surface area contributed by atoms with Crippen molar-refractivity contribution >= 4 is 11.8 Å². The summed E-state index contributed by atoms with van der Waals surface area (Å²) in [5.41, 5.74) is 0.603. The Morgan fingerprint density at radius 1 is 0.969 bits per heavy atom. The van der Waals surface area contributed by atoms with Crippen LogP contribution in [0.2, 0.25) is 0 Å². The molecule has 1 fully saturated rings. The fourth-order valence-electron chi connectivity index (χ4n) is 4.53. The molecule has 1 unspecified atom stereocenters. The van der Waals surface area contributed by atoms with Crippen molar-refractivity contribution in [1.82, 2.24) is 14.8 Å². The molecule has 0 bridgehead atoms. The Kier molecular flexibility index (Phi) is 4.44. The summed E-state index contributed by atoms with van der Waals surface area (Å²) in [6.45, 7) is 0.555. The molecule has 5 rings (SSSR count). The number of benzene rings is 2. The lowest BCUT2D eigenvalue weighted by atomic mass is 9.91. The lowest BCUT2D eigenvalue weighted by molar-refractivity contribution is -0.274. The monoisotopic (exact) mass is 439 g/mol. The van der Waals surface area contributed by atoms with Gasteiger partial charge in [0.1, 0.15) is 11.4 Å². The van der Waals surface area contributed by atoms with Gasteiger partial charge in [0.15, 0.2) is 5.66 Å². The van der Waals surface area contributed by atoms with Crippen LogP contribution in [0.4, 0.5) is 13.2 Å². The number of amides is 2. The number of aromatic nitrogens is 1. The number of alkyl halides is 3. The van der Waals surface area contributed by atoms with Crippen molar-refractivity contribution in [2.24, 2.45) is 0 Å². The molecule has 32 heavy (non-hydrogen) atoms. The van der Waals surface area contributed by atoms with Crippen LogP contribution in [-0.4, -0.2) is 46.1 Å². The maximum Gasteiger partial charge on any atom is 0.573 e. The molecule has 3 heterocycles. The predicted molar refractivity (Wildman–Crippen MR) is 107 cm³/mol. The van der Waals surface area contributed by atoms with Gasteiger partial charge in [-0.25, -0.2) is 0 Å². The Balaban J connectivity index is 1.60. The number of carbonyl (C=O) groups excluding carboxylic acids is 2. The quantitative estimate of drug-likeness (QED) is 0.623. The number of pyridine rings is 1. The molecule has 1 aromatic heterocycles. The van der Waals surface area contributed by atoms with E-state index < -0.39 is 23.7 Å². The molecule has 2 aromatic carbocycles. The third-order valence-electron chi connectivity index (χ3n) is 5.72. The van der Waals surface area contributed by atoms with Gasteiger partial charge in [-0.2, -0.15) is 0 Å². The van der Waals surface area contributed by atoms with Gasteiger partial charge in [-0.3, -0.25) is 14.6 Å². The number of ether oxygens (including phenoxy) is 1. The van der Waals surface area contributed by atoms with E-state index in [2.05, 4.69) is 9.72 Å². The molecule has 1 atom stereocenters. The normalized spacial score (nSPS) is 19.7. The number of hydrogen-bond donors (Lipinski definition) is 0. The first kappa shape index (κ1) is 20.0. The molecular weight excluding hydrogens is 423 g/mol. The second-order valence-electron chi connectivity index (χ2n) is 7.42. The van der Waals surface area contributed by atoms with Crippen molar-refractivity contribution in [3.05, 3.63) is 95.3 Å². The molecule has 0 N–H and O–H groups in total. The van der Waals surface area contributed by atoms with Gasteiger partial charge in [0, 0.05) is 36.0 Å². The first-order chi connectivity index (χ1) is 15.3. The van der Waals surface area contributed by atoms with E-state index in [-0.39, 0.29) is 23.7 Å². The summed E-state index contributed by atoms with van der Waals surface area (Å²) >= 11 is 0. The summed E-state index contributed by atoms with van der Waals surface area (Å²) in [5.74, 6) is -1.10. The lowest BCUT2D eigenvalue weighted by Crippen LogP contribution is -2.51. The van der Waals surface area contributed by atoms with E-state index in [1.165, 1.54) is 18.3 Å². The zero-order valence-corrected chi connectivity index (χ0v) is 16.5.